The third kappa shape index (κ3) is 7.55. The summed E-state index contributed by atoms with van der Waals surface area (Å²) in [4.78, 5) is 8.70. The van der Waals surface area contributed by atoms with Gasteiger partial charge in [-0.15, -0.1) is 24.0 Å². The van der Waals surface area contributed by atoms with E-state index in [9.17, 15) is 0 Å². The Bertz CT molecular complexity index is 892. The number of nitrogens with zero attached hydrogens (tertiary/aromatic N) is 2. The van der Waals surface area contributed by atoms with Gasteiger partial charge in [-0.05, 0) is 43.2 Å². The molecule has 0 amide bonds. The highest BCUT2D eigenvalue weighted by Crippen LogP contribution is 2.39. The number of pyridine rings is 1. The Morgan fingerprint density at radius 1 is 1.03 bits per heavy atom. The Balaban J connectivity index is 0.00000385. The van der Waals surface area contributed by atoms with Crippen molar-refractivity contribution in [2.45, 2.75) is 45.3 Å². The van der Waals surface area contributed by atoms with Crippen molar-refractivity contribution in [3.05, 3.63) is 36.0 Å². The quantitative estimate of drug-likeness (QED) is 0.266. The number of guanidine groups is 1. The Kier molecular flexibility index (Phi) is 10.8. The fraction of sp³-hybridized carbons (Fsp3) is 0.500. The predicted octanol–water partition coefficient (Wildman–Crippen LogP) is 4.87. The van der Waals surface area contributed by atoms with Crippen molar-refractivity contribution in [2.24, 2.45) is 10.9 Å². The zero-order valence-corrected chi connectivity index (χ0v) is 22.3. The highest BCUT2D eigenvalue weighted by Gasteiger charge is 2.20. The number of ether oxygens (including phenoxy) is 4. The molecule has 0 bridgehead atoms. The molecule has 2 aromatic rings. The fourth-order valence-electron chi connectivity index (χ4n) is 3.80. The van der Waals surface area contributed by atoms with E-state index in [1.165, 1.54) is 12.8 Å². The van der Waals surface area contributed by atoms with Crippen LogP contribution >= 0.6 is 24.0 Å². The van der Waals surface area contributed by atoms with Crippen LogP contribution in [-0.2, 0) is 6.54 Å². The molecule has 0 aliphatic heterocycles. The van der Waals surface area contributed by atoms with Gasteiger partial charge < -0.3 is 29.6 Å². The number of aromatic nitrogens is 1. The van der Waals surface area contributed by atoms with Crippen molar-refractivity contribution < 1.29 is 18.9 Å². The van der Waals surface area contributed by atoms with Gasteiger partial charge in [0.2, 0.25) is 11.6 Å². The molecule has 0 saturated heterocycles. The van der Waals surface area contributed by atoms with Gasteiger partial charge in [-0.3, -0.25) is 4.99 Å². The van der Waals surface area contributed by atoms with Crippen LogP contribution in [-0.4, -0.2) is 45.4 Å². The minimum atomic E-state index is 0. The molecule has 3 rings (SSSR count). The summed E-state index contributed by atoms with van der Waals surface area (Å²) >= 11 is 0. The van der Waals surface area contributed by atoms with Crippen molar-refractivity contribution >= 4 is 35.6 Å². The van der Waals surface area contributed by atoms with Gasteiger partial charge in [-0.1, -0.05) is 6.92 Å². The zero-order valence-electron chi connectivity index (χ0n) is 20.0. The number of hydrogen-bond acceptors (Lipinski definition) is 6. The molecular formula is C24H35IN4O4. The molecule has 1 heterocycles. The summed E-state index contributed by atoms with van der Waals surface area (Å²) in [6.07, 6.45) is 6.67. The molecule has 2 N–H and O–H groups in total. The van der Waals surface area contributed by atoms with Gasteiger partial charge in [0, 0.05) is 43.7 Å². The summed E-state index contributed by atoms with van der Waals surface area (Å²) in [5, 5.41) is 6.58. The topological polar surface area (TPSA) is 86.2 Å². The van der Waals surface area contributed by atoms with Gasteiger partial charge in [-0.25, -0.2) is 4.98 Å². The van der Waals surface area contributed by atoms with Gasteiger partial charge in [0.25, 0.3) is 0 Å². The number of methoxy groups -OCH3 is 3. The molecule has 0 unspecified atom stereocenters. The third-order valence-electron chi connectivity index (χ3n) is 5.66. The molecule has 1 saturated carbocycles. The molecular weight excluding hydrogens is 535 g/mol. The van der Waals surface area contributed by atoms with Crippen LogP contribution in [0.2, 0.25) is 0 Å². The van der Waals surface area contributed by atoms with Gasteiger partial charge in [0.15, 0.2) is 17.5 Å². The second-order valence-electron chi connectivity index (χ2n) is 7.97. The van der Waals surface area contributed by atoms with E-state index in [2.05, 4.69) is 27.5 Å². The Morgan fingerprint density at radius 2 is 1.70 bits per heavy atom. The van der Waals surface area contributed by atoms with Gasteiger partial charge >= 0.3 is 0 Å². The zero-order chi connectivity index (χ0) is 22.9. The summed E-state index contributed by atoms with van der Waals surface area (Å²) in [5.74, 6) is 3.76. The van der Waals surface area contributed by atoms with Crippen molar-refractivity contribution in [3.8, 4) is 23.1 Å². The lowest BCUT2D eigenvalue weighted by Gasteiger charge is -2.26. The third-order valence-corrected chi connectivity index (χ3v) is 5.66. The second kappa shape index (κ2) is 13.3. The number of nitrogens with one attached hydrogen (secondary N) is 2. The van der Waals surface area contributed by atoms with E-state index in [0.717, 1.165) is 30.0 Å². The first-order valence-corrected chi connectivity index (χ1v) is 11.0. The van der Waals surface area contributed by atoms with Crippen LogP contribution < -0.4 is 29.6 Å². The molecule has 1 aliphatic rings. The molecule has 1 aliphatic carbocycles. The molecule has 1 fully saturated rings. The van der Waals surface area contributed by atoms with Crippen LogP contribution in [0.15, 0.2) is 35.5 Å². The Hall–Kier alpha value is -2.43. The number of halogens is 1. The first kappa shape index (κ1) is 26.8. The molecule has 182 valence electrons. The highest BCUT2D eigenvalue weighted by molar-refractivity contribution is 14.0. The lowest BCUT2D eigenvalue weighted by atomic mass is 9.89. The highest BCUT2D eigenvalue weighted by atomic mass is 127. The van der Waals surface area contributed by atoms with Crippen LogP contribution in [0.25, 0.3) is 0 Å². The summed E-state index contributed by atoms with van der Waals surface area (Å²) in [6, 6.07) is 7.61. The molecule has 33 heavy (non-hydrogen) atoms. The maximum absolute atomic E-state index is 6.12. The lowest BCUT2D eigenvalue weighted by Crippen LogP contribution is -2.30. The number of rotatable bonds is 8. The Morgan fingerprint density at radius 3 is 2.27 bits per heavy atom. The van der Waals surface area contributed by atoms with E-state index in [1.807, 2.05) is 24.3 Å². The average Bonchev–Trinajstić information content (AvgIpc) is 2.82. The predicted molar refractivity (Wildman–Crippen MR) is 142 cm³/mol. The molecule has 0 spiro atoms. The van der Waals surface area contributed by atoms with Crippen molar-refractivity contribution in [1.29, 1.82) is 0 Å². The number of hydrogen-bond donors (Lipinski definition) is 2. The van der Waals surface area contributed by atoms with Gasteiger partial charge in [-0.2, -0.15) is 0 Å². The van der Waals surface area contributed by atoms with Crippen LogP contribution in [0.3, 0.4) is 0 Å². The molecule has 9 heteroatoms. The average molecular weight is 570 g/mol. The van der Waals surface area contributed by atoms with Crippen LogP contribution in [0.5, 0.6) is 23.1 Å². The minimum absolute atomic E-state index is 0. The number of aliphatic imine (C=N–C) groups is 1. The van der Waals surface area contributed by atoms with E-state index in [0.29, 0.717) is 35.6 Å². The van der Waals surface area contributed by atoms with Crippen molar-refractivity contribution in [3.63, 3.8) is 0 Å². The molecule has 8 nitrogen and oxygen atoms in total. The number of benzene rings is 1. The van der Waals surface area contributed by atoms with Gasteiger partial charge in [0.1, 0.15) is 6.10 Å². The van der Waals surface area contributed by atoms with Crippen LogP contribution in [0, 0.1) is 5.92 Å². The normalized spacial score (nSPS) is 18.0. The summed E-state index contributed by atoms with van der Waals surface area (Å²) in [7, 11) is 6.48. The van der Waals surface area contributed by atoms with Crippen molar-refractivity contribution in [1.82, 2.24) is 10.3 Å². The summed E-state index contributed by atoms with van der Waals surface area (Å²) < 4.78 is 22.3. The maximum Gasteiger partial charge on any atom is 0.213 e. The fourth-order valence-corrected chi connectivity index (χ4v) is 3.80. The second-order valence-corrected chi connectivity index (χ2v) is 7.97. The SMILES string of the molecule is CN=C(NCc1ccnc(OC2CCC(C)CC2)c1)Nc1cc(OC)c(OC)c(OC)c1.I. The van der Waals surface area contributed by atoms with E-state index in [4.69, 9.17) is 18.9 Å². The van der Waals surface area contributed by atoms with E-state index >= 15 is 0 Å². The molecule has 1 aromatic heterocycles. The molecule has 0 radical (unpaired) electrons. The van der Waals surface area contributed by atoms with Gasteiger partial charge in [0.05, 0.1) is 21.3 Å². The van der Waals surface area contributed by atoms with Crippen LogP contribution in [0.1, 0.15) is 38.2 Å². The first-order valence-electron chi connectivity index (χ1n) is 11.0. The first-order chi connectivity index (χ1) is 15.6. The van der Waals surface area contributed by atoms with E-state index in [-0.39, 0.29) is 30.1 Å². The standard InChI is InChI=1S/C24H34N4O4.HI/c1-16-6-8-19(9-7-16)32-22-12-17(10-11-26-22)15-27-24(25-2)28-18-13-20(29-3)23(31-5)21(14-18)30-4;/h10-14,16,19H,6-9,15H2,1-5H3,(H2,25,27,28);1H. The minimum Gasteiger partial charge on any atom is -0.493 e. The Labute approximate surface area is 213 Å². The van der Waals surface area contributed by atoms with Crippen molar-refractivity contribution in [2.75, 3.05) is 33.7 Å². The monoisotopic (exact) mass is 570 g/mol. The molecule has 1 aromatic carbocycles. The summed E-state index contributed by atoms with van der Waals surface area (Å²) in [6.45, 7) is 2.88. The van der Waals surface area contributed by atoms with Crippen LogP contribution in [0.4, 0.5) is 5.69 Å². The summed E-state index contributed by atoms with van der Waals surface area (Å²) in [5.41, 5.74) is 1.82. The van der Waals surface area contributed by atoms with E-state index < -0.39 is 0 Å². The maximum atomic E-state index is 6.12. The largest absolute Gasteiger partial charge is 0.493 e. The molecule has 0 atom stereocenters. The smallest absolute Gasteiger partial charge is 0.213 e. The lowest BCUT2D eigenvalue weighted by molar-refractivity contribution is 0.130. The number of anilines is 1. The van der Waals surface area contributed by atoms with E-state index in [1.54, 1.807) is 34.6 Å².